The van der Waals surface area contributed by atoms with E-state index in [4.69, 9.17) is 14.2 Å². The third-order valence-corrected chi connectivity index (χ3v) is 11.8. The van der Waals surface area contributed by atoms with Crippen LogP contribution in [0.25, 0.3) is 0 Å². The maximum absolute atomic E-state index is 14.2. The van der Waals surface area contributed by atoms with Gasteiger partial charge in [-0.05, 0) is 44.6 Å². The third kappa shape index (κ3) is 11.3. The van der Waals surface area contributed by atoms with Crippen LogP contribution < -0.4 is 10.6 Å². The summed E-state index contributed by atoms with van der Waals surface area (Å²) in [6.45, 7) is 8.53. The molecule has 1 saturated heterocycles. The van der Waals surface area contributed by atoms with Crippen LogP contribution in [0.2, 0.25) is 0 Å². The Morgan fingerprint density at radius 3 is 2.46 bits per heavy atom. The number of rotatable bonds is 18. The van der Waals surface area contributed by atoms with Crippen molar-refractivity contribution in [3.8, 4) is 0 Å². The Morgan fingerprint density at radius 1 is 1.12 bits per heavy atom. The minimum atomic E-state index is -0.823. The monoisotopic (exact) mass is 762 g/mol. The number of hydrogen-bond donors (Lipinski definition) is 2. The molecule has 0 bridgehead atoms. The summed E-state index contributed by atoms with van der Waals surface area (Å²) in [6.07, 6.45) is 5.42. The zero-order valence-corrected chi connectivity index (χ0v) is 32.9. The van der Waals surface area contributed by atoms with Crippen molar-refractivity contribution in [3.63, 3.8) is 0 Å². The number of esters is 2. The van der Waals surface area contributed by atoms with Crippen molar-refractivity contribution in [1.29, 1.82) is 0 Å². The van der Waals surface area contributed by atoms with E-state index in [1.165, 1.54) is 36.7 Å². The van der Waals surface area contributed by atoms with Crippen molar-refractivity contribution in [3.05, 3.63) is 32.7 Å². The molecule has 288 valence electrons. The van der Waals surface area contributed by atoms with Crippen molar-refractivity contribution in [2.75, 3.05) is 41.0 Å². The van der Waals surface area contributed by atoms with Crippen LogP contribution in [0, 0.1) is 17.8 Å². The van der Waals surface area contributed by atoms with E-state index in [0.717, 1.165) is 24.3 Å². The maximum atomic E-state index is 14.2. The van der Waals surface area contributed by atoms with Crippen molar-refractivity contribution < 1.29 is 38.2 Å². The van der Waals surface area contributed by atoms with Crippen molar-refractivity contribution >= 4 is 52.3 Å². The number of carbonyl (C=O) groups excluding carboxylic acids is 5. The average Bonchev–Trinajstić information content (AvgIpc) is 3.80. The molecule has 52 heavy (non-hydrogen) atoms. The third-order valence-electron chi connectivity index (χ3n) is 10.1. The summed E-state index contributed by atoms with van der Waals surface area (Å²) < 4.78 is 16.2. The van der Waals surface area contributed by atoms with Crippen LogP contribution >= 0.6 is 22.7 Å². The molecule has 0 radical (unpaired) electrons. The number of carbonyl (C=O) groups is 5. The summed E-state index contributed by atoms with van der Waals surface area (Å²) in [5.74, 6) is -2.14. The van der Waals surface area contributed by atoms with Crippen LogP contribution in [-0.2, 0) is 39.8 Å². The van der Waals surface area contributed by atoms with Gasteiger partial charge in [-0.1, -0.05) is 27.2 Å². The fraction of sp³-hybridized carbons (Fsp3) is 0.694. The fourth-order valence-corrected chi connectivity index (χ4v) is 8.17. The van der Waals surface area contributed by atoms with Crippen LogP contribution in [-0.4, -0.2) is 115 Å². The number of nitrogens with zero attached hydrogens (tertiary/aromatic N) is 4. The predicted octanol–water partition coefficient (Wildman–Crippen LogP) is 3.62. The number of thiazole rings is 2. The van der Waals surface area contributed by atoms with E-state index in [-0.39, 0.29) is 60.4 Å². The molecule has 1 saturated carbocycles. The fourth-order valence-electron chi connectivity index (χ4n) is 6.69. The van der Waals surface area contributed by atoms with E-state index in [1.807, 2.05) is 31.2 Å². The molecule has 3 heterocycles. The highest BCUT2D eigenvalue weighted by Crippen LogP contribution is 2.34. The number of ether oxygens (including phenoxy) is 3. The summed E-state index contributed by atoms with van der Waals surface area (Å²) in [4.78, 5) is 78.2. The van der Waals surface area contributed by atoms with Gasteiger partial charge in [-0.3, -0.25) is 28.9 Å². The first-order valence-corrected chi connectivity index (χ1v) is 19.8. The molecule has 1 aliphatic carbocycles. The number of nitrogens with one attached hydrogen (secondary N) is 2. The smallest absolute Gasteiger partial charge is 0.308 e. The van der Waals surface area contributed by atoms with Crippen LogP contribution in [0.15, 0.2) is 17.0 Å². The van der Waals surface area contributed by atoms with E-state index in [1.54, 1.807) is 30.4 Å². The normalized spacial score (nSPS) is 19.4. The largest absolute Gasteiger partial charge is 0.469 e. The highest BCUT2D eigenvalue weighted by molar-refractivity contribution is 7.10. The van der Waals surface area contributed by atoms with E-state index in [2.05, 4.69) is 20.6 Å². The van der Waals surface area contributed by atoms with Gasteiger partial charge in [-0.25, -0.2) is 9.97 Å². The van der Waals surface area contributed by atoms with E-state index >= 15 is 0 Å². The lowest BCUT2D eigenvalue weighted by atomic mass is 9.78. The van der Waals surface area contributed by atoms with Crippen molar-refractivity contribution in [2.24, 2.45) is 17.8 Å². The Hall–Kier alpha value is -3.47. The molecule has 2 aromatic heterocycles. The second-order valence-electron chi connectivity index (χ2n) is 14.2. The highest BCUT2D eigenvalue weighted by atomic mass is 32.1. The summed E-state index contributed by atoms with van der Waals surface area (Å²) >= 11 is 2.73. The average molecular weight is 763 g/mol. The summed E-state index contributed by atoms with van der Waals surface area (Å²) in [6, 6.07) is -1.88. The molecular formula is C36H54N6O8S2. The number of methoxy groups -OCH3 is 1. The molecule has 0 aromatic carbocycles. The zero-order chi connectivity index (χ0) is 37.9. The Balaban J connectivity index is 1.48. The second-order valence-corrected chi connectivity index (χ2v) is 16.1. The Labute approximate surface area is 314 Å². The summed E-state index contributed by atoms with van der Waals surface area (Å²) in [7, 11) is 4.95. The van der Waals surface area contributed by atoms with Crippen molar-refractivity contribution in [2.45, 2.75) is 103 Å². The van der Waals surface area contributed by atoms with Crippen LogP contribution in [0.1, 0.15) is 92.8 Å². The molecule has 1 aliphatic heterocycles. The molecular weight excluding hydrogens is 709 g/mol. The molecule has 0 spiro atoms. The van der Waals surface area contributed by atoms with Crippen LogP contribution in [0.5, 0.6) is 0 Å². The van der Waals surface area contributed by atoms with E-state index < -0.39 is 36.0 Å². The first-order chi connectivity index (χ1) is 24.8. The summed E-state index contributed by atoms with van der Waals surface area (Å²) in [5, 5.41) is 11.0. The lowest BCUT2D eigenvalue weighted by Gasteiger charge is -2.41. The number of hydrogen-bond acceptors (Lipinski definition) is 13. The van der Waals surface area contributed by atoms with Gasteiger partial charge in [0.2, 0.25) is 11.8 Å². The predicted molar refractivity (Wildman–Crippen MR) is 197 cm³/mol. The van der Waals surface area contributed by atoms with Gasteiger partial charge in [0.15, 0.2) is 6.10 Å². The van der Waals surface area contributed by atoms with Gasteiger partial charge in [0, 0.05) is 62.4 Å². The molecule has 2 fully saturated rings. The lowest BCUT2D eigenvalue weighted by molar-refractivity contribution is -0.149. The Morgan fingerprint density at radius 2 is 1.87 bits per heavy atom. The number of aryl methyl sites for hydroxylation is 1. The maximum Gasteiger partial charge on any atom is 0.308 e. The molecule has 0 unspecified atom stereocenters. The first-order valence-electron chi connectivity index (χ1n) is 18.0. The minimum Gasteiger partial charge on any atom is -0.469 e. The molecule has 2 aliphatic rings. The van der Waals surface area contributed by atoms with Gasteiger partial charge in [0.1, 0.15) is 22.8 Å². The van der Waals surface area contributed by atoms with Gasteiger partial charge in [-0.2, -0.15) is 0 Å². The molecule has 6 atom stereocenters. The van der Waals surface area contributed by atoms with Gasteiger partial charge in [-0.15, -0.1) is 22.7 Å². The molecule has 4 rings (SSSR count). The zero-order valence-electron chi connectivity index (χ0n) is 31.3. The Bertz CT molecular complexity index is 1500. The number of likely N-dealkylation sites (N-methyl/N-ethyl adjacent to an activating group) is 2. The van der Waals surface area contributed by atoms with Crippen LogP contribution in [0.4, 0.5) is 0 Å². The molecule has 2 N–H and O–H groups in total. The van der Waals surface area contributed by atoms with E-state index in [9.17, 15) is 24.0 Å². The Kier molecular flexibility index (Phi) is 15.5. The van der Waals surface area contributed by atoms with Crippen molar-refractivity contribution in [1.82, 2.24) is 30.4 Å². The quantitative estimate of drug-likeness (QED) is 0.213. The SMILES string of the molecule is COC(=O)[C@@H](C)C[C@H](CCc1nccs1)NC(=O)c1csc([C@@H](C[C@H](C(C)C)N(C)C(=O)[C@@H](NC(=O)[C@H]2COCCN2C)C2CCC2)OC(C)=O)n1. The topological polar surface area (TPSA) is 169 Å². The second kappa shape index (κ2) is 19.6. The number of morpholine rings is 1. The summed E-state index contributed by atoms with van der Waals surface area (Å²) in [5.41, 5.74) is 0.164. The van der Waals surface area contributed by atoms with Gasteiger partial charge >= 0.3 is 11.9 Å². The minimum absolute atomic E-state index is 0.0341. The molecule has 2 aromatic rings. The first kappa shape index (κ1) is 41.3. The highest BCUT2D eigenvalue weighted by Gasteiger charge is 2.40. The molecule has 3 amide bonds. The molecule has 16 heteroatoms. The number of aromatic nitrogens is 2. The van der Waals surface area contributed by atoms with E-state index in [0.29, 0.717) is 37.4 Å². The van der Waals surface area contributed by atoms with Gasteiger partial charge in [0.05, 0.1) is 31.2 Å². The van der Waals surface area contributed by atoms with Crippen LogP contribution in [0.3, 0.4) is 0 Å². The number of amides is 3. The van der Waals surface area contributed by atoms with Gasteiger partial charge < -0.3 is 29.7 Å². The lowest BCUT2D eigenvalue weighted by Crippen LogP contribution is -2.60. The molecule has 14 nitrogen and oxygen atoms in total. The van der Waals surface area contributed by atoms with Gasteiger partial charge in [0.25, 0.3) is 5.91 Å². The standard InChI is InChI=1S/C36H54N6O8S2/c1-21(2)27(42(6)35(46)31(24-9-8-10-24)40-33(45)28-19-49-15-14-41(28)5)18-29(50-23(4)43)34-39-26(20-52-34)32(44)38-25(17-22(3)36(47)48-7)11-12-30-37-13-16-51-30/h13,16,20-22,24-25,27-29,31H,8-12,14-15,17-19H2,1-7H3,(H,38,44)(H,40,45)/t22-,25-,27+,28+,29+,31-/m0/s1.